The molecule has 2 aromatic rings. The molecule has 2 aliphatic rings. The number of ketones is 2. The van der Waals surface area contributed by atoms with Gasteiger partial charge in [-0.3, -0.25) is 76.7 Å². The Bertz CT molecular complexity index is 3510. The van der Waals surface area contributed by atoms with Crippen LogP contribution >= 0.6 is 0 Å². The van der Waals surface area contributed by atoms with Crippen molar-refractivity contribution >= 4 is 110 Å². The van der Waals surface area contributed by atoms with Crippen LogP contribution in [-0.4, -0.2) is 188 Å². The molecule has 2 aromatic carbocycles. The lowest BCUT2D eigenvalue weighted by Gasteiger charge is -2.26. The third-order valence-electron chi connectivity index (χ3n) is 15.9. The number of nitrogens with one attached hydrogen (secondary N) is 7. The molecule has 0 fully saturated rings. The monoisotopic (exact) mass is 1490 g/mol. The Morgan fingerprint density at radius 2 is 0.914 bits per heavy atom. The topological polar surface area (TPSA) is 490 Å². The largest absolute Gasteiger partial charge is 0.460 e. The van der Waals surface area contributed by atoms with E-state index in [0.29, 0.717) is 36.2 Å². The number of carbonyl (C=O) groups is 15. The number of Topliss-reactive ketones (excluding diaryl/α,β-unsaturated/α-hetero) is 2. The first-order valence-corrected chi connectivity index (χ1v) is 36.1. The van der Waals surface area contributed by atoms with Crippen molar-refractivity contribution in [3.05, 3.63) is 84.0 Å². The number of anilines is 2. The zero-order chi connectivity index (χ0) is 78.8. The van der Waals surface area contributed by atoms with Crippen molar-refractivity contribution < 1.29 is 104 Å². The first-order valence-electron chi connectivity index (χ1n) is 34.5. The molecule has 34 heteroatoms. The Morgan fingerprint density at radius 1 is 0.505 bits per heavy atom. The lowest BCUT2D eigenvalue weighted by molar-refractivity contribution is -0.155. The molecule has 13 amide bonds. The lowest BCUT2D eigenvalue weighted by atomic mass is 9.89. The second-order valence-electron chi connectivity index (χ2n) is 27.8. The summed E-state index contributed by atoms with van der Waals surface area (Å²) in [7, 11) is -4.78. The Hall–Kier alpha value is -9.80. The fourth-order valence-electron chi connectivity index (χ4n) is 10.0. The van der Waals surface area contributed by atoms with E-state index < -0.39 is 134 Å². The maximum atomic E-state index is 13.7. The van der Waals surface area contributed by atoms with Crippen molar-refractivity contribution in [2.75, 3.05) is 69.0 Å². The van der Waals surface area contributed by atoms with Gasteiger partial charge in [-0.05, 0) is 127 Å². The lowest BCUT2D eigenvalue weighted by Crippen LogP contribution is -2.55. The minimum absolute atomic E-state index is 0.0245. The molecule has 105 heavy (non-hydrogen) atoms. The van der Waals surface area contributed by atoms with E-state index in [1.165, 1.54) is 12.2 Å². The molecular weight excluding hydrogens is 1390 g/mol. The SMILES string of the molecule is CC(C)[C@@H](NC(=O)[C@@H](CS(=O)(=O)O)NC(=O)CCCCCN1C(=O)C=CC1=O)C(=O)C[C@H](CCCNC(N)=O)C(=O)Nc1ccc(COC(=O)C(C)(C)C)cc1.CC(C)[C@H](NC(=O)COCCOCCN1C(=O)C=CC1=O)C(=O)C[C@@H](CCCNC(N)=O)C(=O)Nc1ccc(COC(=O)C(C)(C)C)cc1. The molecule has 580 valence electrons. The molecule has 2 heterocycles. The number of ether oxygens (including phenoxy) is 4. The first-order chi connectivity index (χ1) is 49.1. The average molecular weight is 1490 g/mol. The van der Waals surface area contributed by atoms with Gasteiger partial charge in [0, 0.05) is 86.4 Å². The van der Waals surface area contributed by atoms with Crippen molar-refractivity contribution in [3.63, 3.8) is 0 Å². The summed E-state index contributed by atoms with van der Waals surface area (Å²) in [5.41, 5.74) is 11.3. The highest BCUT2D eigenvalue weighted by molar-refractivity contribution is 7.85. The van der Waals surface area contributed by atoms with Crippen LogP contribution in [0, 0.1) is 34.5 Å². The Balaban J connectivity index is 0.000000550. The standard InChI is InChI=1S/C37H54N6O12S.C34H49N5O10/c1-23(2)32(42-34(49)27(22-56(52,53)54)41-29(45)11-7-6-8-19-43-30(46)16-17-31(43)47)28(44)20-25(10-9-18-39-36(38)51)33(48)40-26-14-12-24(13-15-26)21-55-35(50)37(3,4)5;1-22(2)30(38-27(41)21-48-18-17-47-16-15-39-28(42)12-13-29(39)43)26(40)19-24(7-6-14-36-33(35)46)31(44)37-25-10-8-23(9-11-25)20-49-32(45)34(3,4)5/h12-17,23,25,27,32H,6-11,18-22H2,1-5H3,(H,40,48)(H,41,45)(H,42,49)(H3,38,39,51)(H,52,53,54);8-13,22,24,30H,6-7,14-21H2,1-5H3,(H,37,44)(H,38,41)(H3,35,36,46)/t25-,27+,32+;24-,30+/m01/s1. The number of hydrogen-bond donors (Lipinski definition) is 10. The molecule has 0 aromatic heterocycles. The summed E-state index contributed by atoms with van der Waals surface area (Å²) in [4.78, 5) is 188. The predicted octanol–water partition coefficient (Wildman–Crippen LogP) is 3.57. The molecule has 0 spiro atoms. The van der Waals surface area contributed by atoms with Gasteiger partial charge < -0.3 is 67.6 Å². The van der Waals surface area contributed by atoms with Crippen LogP contribution in [0.1, 0.15) is 145 Å². The number of rotatable bonds is 44. The molecule has 5 atom stereocenters. The highest BCUT2D eigenvalue weighted by Gasteiger charge is 2.35. The quantitative estimate of drug-likeness (QED) is 0.0196. The minimum atomic E-state index is -4.78. The molecule has 2 aliphatic heterocycles. The van der Waals surface area contributed by atoms with E-state index in [2.05, 4.69) is 37.2 Å². The minimum Gasteiger partial charge on any atom is -0.460 e. The van der Waals surface area contributed by atoms with Gasteiger partial charge in [-0.2, -0.15) is 8.42 Å². The number of benzene rings is 2. The smallest absolute Gasteiger partial charge is 0.312 e. The number of nitrogens with two attached hydrogens (primary N) is 2. The number of imide groups is 2. The van der Waals surface area contributed by atoms with Crippen LogP contribution < -0.4 is 48.7 Å². The highest BCUT2D eigenvalue weighted by atomic mass is 32.2. The second kappa shape index (κ2) is 44.1. The summed E-state index contributed by atoms with van der Waals surface area (Å²) in [6, 6.07) is 7.95. The summed E-state index contributed by atoms with van der Waals surface area (Å²) in [6.07, 6.45) is 6.16. The number of amides is 13. The van der Waals surface area contributed by atoms with Gasteiger partial charge in [0.25, 0.3) is 33.7 Å². The molecule has 0 bridgehead atoms. The second-order valence-corrected chi connectivity index (χ2v) is 29.3. The van der Waals surface area contributed by atoms with Gasteiger partial charge in [-0.25, -0.2) is 9.59 Å². The van der Waals surface area contributed by atoms with Crippen LogP contribution in [0.5, 0.6) is 0 Å². The maximum absolute atomic E-state index is 13.7. The van der Waals surface area contributed by atoms with Crippen LogP contribution in [0.4, 0.5) is 21.0 Å². The number of urea groups is 2. The molecule has 12 N–H and O–H groups in total. The number of carbonyl (C=O) groups excluding carboxylic acids is 15. The van der Waals surface area contributed by atoms with E-state index in [-0.39, 0.29) is 134 Å². The van der Waals surface area contributed by atoms with Gasteiger partial charge in [0.15, 0.2) is 11.6 Å². The van der Waals surface area contributed by atoms with Crippen LogP contribution in [0.2, 0.25) is 0 Å². The zero-order valence-corrected chi connectivity index (χ0v) is 62.1. The van der Waals surface area contributed by atoms with E-state index in [1.54, 1.807) is 118 Å². The summed E-state index contributed by atoms with van der Waals surface area (Å²) in [5.74, 6) is -10.3. The number of hydrogen-bond acceptors (Lipinski definition) is 21. The van der Waals surface area contributed by atoms with Gasteiger partial charge in [-0.15, -0.1) is 0 Å². The fraction of sp³-hybridized carbons (Fsp3) is 0.563. The third-order valence-corrected chi connectivity index (χ3v) is 16.7. The number of nitrogens with zero attached hydrogens (tertiary/aromatic N) is 2. The molecule has 0 aliphatic carbocycles. The fourth-order valence-corrected chi connectivity index (χ4v) is 10.7. The van der Waals surface area contributed by atoms with Crippen LogP contribution in [0.3, 0.4) is 0 Å². The van der Waals surface area contributed by atoms with Gasteiger partial charge >= 0.3 is 24.0 Å². The Kier molecular flexibility index (Phi) is 37.6. The van der Waals surface area contributed by atoms with E-state index in [0.717, 1.165) is 27.5 Å². The predicted molar refractivity (Wildman–Crippen MR) is 382 cm³/mol. The summed E-state index contributed by atoms with van der Waals surface area (Å²) >= 11 is 0. The molecular formula is C71H103N11O22S. The number of esters is 2. The maximum Gasteiger partial charge on any atom is 0.312 e. The Morgan fingerprint density at radius 3 is 1.31 bits per heavy atom. The van der Waals surface area contributed by atoms with E-state index >= 15 is 0 Å². The van der Waals surface area contributed by atoms with Gasteiger partial charge in [0.1, 0.15) is 31.6 Å². The van der Waals surface area contributed by atoms with Crippen molar-refractivity contribution in [2.24, 2.45) is 46.0 Å². The molecule has 0 saturated carbocycles. The summed E-state index contributed by atoms with van der Waals surface area (Å²) in [6.45, 7) is 17.9. The van der Waals surface area contributed by atoms with E-state index in [1.807, 2.05) is 0 Å². The average Bonchev–Trinajstić information content (AvgIpc) is 1.59. The Labute approximate surface area is 611 Å². The first kappa shape index (κ1) is 89.4. The zero-order valence-electron chi connectivity index (χ0n) is 61.3. The summed E-state index contributed by atoms with van der Waals surface area (Å²) < 4.78 is 54.5. The highest BCUT2D eigenvalue weighted by Crippen LogP contribution is 2.24. The van der Waals surface area contributed by atoms with Crippen molar-refractivity contribution in [3.8, 4) is 0 Å². The number of unbranched alkanes of at least 4 members (excludes halogenated alkanes) is 2. The third kappa shape index (κ3) is 35.0. The van der Waals surface area contributed by atoms with Crippen LogP contribution in [0.25, 0.3) is 0 Å². The van der Waals surface area contributed by atoms with Crippen molar-refractivity contribution in [1.82, 2.24) is 36.4 Å². The van der Waals surface area contributed by atoms with Gasteiger partial charge in [0.2, 0.25) is 29.5 Å². The normalized spacial score (nSPS) is 14.3. The van der Waals surface area contributed by atoms with Crippen molar-refractivity contribution in [2.45, 2.75) is 165 Å². The van der Waals surface area contributed by atoms with Gasteiger partial charge in [-0.1, -0.05) is 58.4 Å². The molecule has 0 radical (unpaired) electrons. The molecule has 0 unspecified atom stereocenters. The molecule has 4 rings (SSSR count). The summed E-state index contributed by atoms with van der Waals surface area (Å²) in [5, 5.41) is 17.9. The van der Waals surface area contributed by atoms with E-state index in [9.17, 15) is 84.9 Å². The van der Waals surface area contributed by atoms with Crippen LogP contribution in [-0.2, 0) is 105 Å². The van der Waals surface area contributed by atoms with E-state index in [4.69, 9.17) is 30.4 Å². The molecule has 33 nitrogen and oxygen atoms in total. The number of primary amides is 2. The van der Waals surface area contributed by atoms with Crippen molar-refractivity contribution in [1.29, 1.82) is 0 Å². The molecule has 0 saturated heterocycles. The van der Waals surface area contributed by atoms with Gasteiger partial charge in [0.05, 0.1) is 49.3 Å². The van der Waals surface area contributed by atoms with Crippen LogP contribution in [0.15, 0.2) is 72.8 Å².